The molecular formula is C17H36N2. The van der Waals surface area contributed by atoms with E-state index in [4.69, 9.17) is 0 Å². The van der Waals surface area contributed by atoms with Gasteiger partial charge in [0.05, 0.1) is 0 Å². The second kappa shape index (κ2) is 7.64. The second-order valence-electron chi connectivity index (χ2n) is 7.41. The number of nitrogens with zero attached hydrogens (tertiary/aromatic N) is 1. The summed E-state index contributed by atoms with van der Waals surface area (Å²) in [7, 11) is 2.30. The van der Waals surface area contributed by atoms with Crippen LogP contribution < -0.4 is 5.32 Å². The van der Waals surface area contributed by atoms with E-state index in [9.17, 15) is 0 Å². The Morgan fingerprint density at radius 1 is 1.32 bits per heavy atom. The van der Waals surface area contributed by atoms with Crippen molar-refractivity contribution < 1.29 is 0 Å². The molecule has 1 aliphatic carbocycles. The molecule has 0 radical (unpaired) electrons. The van der Waals surface area contributed by atoms with E-state index in [-0.39, 0.29) is 0 Å². The monoisotopic (exact) mass is 268 g/mol. The summed E-state index contributed by atoms with van der Waals surface area (Å²) in [6, 6.07) is 0.686. The Bertz CT molecular complexity index is 250. The molecule has 1 N–H and O–H groups in total. The van der Waals surface area contributed by atoms with Gasteiger partial charge in [0, 0.05) is 19.1 Å². The standard InChI is InChI=1S/C17H36N2/c1-7-14(3)12-19(6)13-15-10-9-11-17(4,5)16(15)18-8-2/h14-16,18H,7-13H2,1-6H3. The van der Waals surface area contributed by atoms with E-state index in [1.165, 1.54) is 38.8 Å². The molecule has 114 valence electrons. The van der Waals surface area contributed by atoms with Gasteiger partial charge in [-0.15, -0.1) is 0 Å². The maximum Gasteiger partial charge on any atom is 0.0159 e. The molecule has 0 aliphatic heterocycles. The Balaban J connectivity index is 2.58. The van der Waals surface area contributed by atoms with Gasteiger partial charge < -0.3 is 10.2 Å². The molecule has 3 atom stereocenters. The first-order valence-electron chi connectivity index (χ1n) is 8.32. The van der Waals surface area contributed by atoms with Crippen molar-refractivity contribution in [3.05, 3.63) is 0 Å². The van der Waals surface area contributed by atoms with E-state index in [1.54, 1.807) is 0 Å². The average molecular weight is 268 g/mol. The summed E-state index contributed by atoms with van der Waals surface area (Å²) in [5.74, 6) is 1.64. The highest BCUT2D eigenvalue weighted by atomic mass is 15.1. The molecule has 1 fully saturated rings. The third-order valence-electron chi connectivity index (χ3n) is 5.00. The number of hydrogen-bond donors (Lipinski definition) is 1. The molecule has 2 nitrogen and oxygen atoms in total. The molecule has 1 saturated carbocycles. The van der Waals surface area contributed by atoms with Crippen LogP contribution in [0.25, 0.3) is 0 Å². The van der Waals surface area contributed by atoms with Gasteiger partial charge in [-0.05, 0) is 43.7 Å². The van der Waals surface area contributed by atoms with Gasteiger partial charge >= 0.3 is 0 Å². The molecule has 0 heterocycles. The largest absolute Gasteiger partial charge is 0.313 e. The van der Waals surface area contributed by atoms with E-state index in [2.05, 4.69) is 51.9 Å². The van der Waals surface area contributed by atoms with Crippen LogP contribution in [0.15, 0.2) is 0 Å². The maximum atomic E-state index is 3.77. The minimum Gasteiger partial charge on any atom is -0.313 e. The molecule has 1 rings (SSSR count). The smallest absolute Gasteiger partial charge is 0.0159 e. The van der Waals surface area contributed by atoms with Crippen molar-refractivity contribution in [3.8, 4) is 0 Å². The lowest BCUT2D eigenvalue weighted by Gasteiger charge is -2.46. The quantitative estimate of drug-likeness (QED) is 0.756. The number of rotatable bonds is 7. The fourth-order valence-electron chi connectivity index (χ4n) is 3.78. The molecule has 0 bridgehead atoms. The van der Waals surface area contributed by atoms with Crippen LogP contribution in [-0.2, 0) is 0 Å². The Morgan fingerprint density at radius 2 is 2.00 bits per heavy atom. The summed E-state index contributed by atoms with van der Waals surface area (Å²) < 4.78 is 0. The van der Waals surface area contributed by atoms with E-state index >= 15 is 0 Å². The first kappa shape index (κ1) is 17.0. The van der Waals surface area contributed by atoms with Crippen LogP contribution in [-0.4, -0.2) is 37.6 Å². The first-order chi connectivity index (χ1) is 8.90. The fourth-order valence-corrected chi connectivity index (χ4v) is 3.78. The summed E-state index contributed by atoms with van der Waals surface area (Å²) in [4.78, 5) is 2.56. The Kier molecular flexibility index (Phi) is 6.82. The van der Waals surface area contributed by atoms with Crippen molar-refractivity contribution in [1.82, 2.24) is 10.2 Å². The SMILES string of the molecule is CCNC1C(CN(C)CC(C)CC)CCCC1(C)C. The van der Waals surface area contributed by atoms with Crippen LogP contribution in [0.4, 0.5) is 0 Å². The minimum atomic E-state index is 0.455. The van der Waals surface area contributed by atoms with Crippen molar-refractivity contribution in [2.24, 2.45) is 17.3 Å². The molecule has 2 heteroatoms. The molecule has 0 spiro atoms. The fraction of sp³-hybridized carbons (Fsp3) is 1.00. The van der Waals surface area contributed by atoms with Gasteiger partial charge in [-0.3, -0.25) is 0 Å². The highest BCUT2D eigenvalue weighted by molar-refractivity contribution is 4.94. The van der Waals surface area contributed by atoms with Gasteiger partial charge in [0.25, 0.3) is 0 Å². The lowest BCUT2D eigenvalue weighted by atomic mass is 9.67. The maximum absolute atomic E-state index is 3.77. The zero-order chi connectivity index (χ0) is 14.5. The zero-order valence-electron chi connectivity index (χ0n) is 14.1. The predicted octanol–water partition coefficient (Wildman–Crippen LogP) is 3.77. The van der Waals surface area contributed by atoms with Gasteiger partial charge in [0.1, 0.15) is 0 Å². The summed E-state index contributed by atoms with van der Waals surface area (Å²) in [6.45, 7) is 15.4. The highest BCUT2D eigenvalue weighted by Crippen LogP contribution is 2.39. The Labute approximate surface area is 121 Å². The average Bonchev–Trinajstić information content (AvgIpc) is 2.33. The zero-order valence-corrected chi connectivity index (χ0v) is 14.1. The van der Waals surface area contributed by atoms with Crippen LogP contribution in [0.1, 0.15) is 60.3 Å². The van der Waals surface area contributed by atoms with Crippen molar-refractivity contribution in [3.63, 3.8) is 0 Å². The van der Waals surface area contributed by atoms with Crippen LogP contribution in [0.3, 0.4) is 0 Å². The van der Waals surface area contributed by atoms with Crippen molar-refractivity contribution >= 4 is 0 Å². The summed E-state index contributed by atoms with van der Waals surface area (Å²) in [5.41, 5.74) is 0.455. The topological polar surface area (TPSA) is 15.3 Å². The molecular weight excluding hydrogens is 232 g/mol. The Hall–Kier alpha value is -0.0800. The molecule has 0 amide bonds. The lowest BCUT2D eigenvalue weighted by molar-refractivity contribution is 0.0830. The molecule has 0 aromatic rings. The van der Waals surface area contributed by atoms with E-state index in [1.807, 2.05) is 0 Å². The van der Waals surface area contributed by atoms with Crippen molar-refractivity contribution in [1.29, 1.82) is 0 Å². The minimum absolute atomic E-state index is 0.455. The van der Waals surface area contributed by atoms with E-state index in [0.717, 1.165) is 18.4 Å². The van der Waals surface area contributed by atoms with Gasteiger partial charge in [0.15, 0.2) is 0 Å². The number of nitrogens with one attached hydrogen (secondary N) is 1. The van der Waals surface area contributed by atoms with Crippen LogP contribution in [0.5, 0.6) is 0 Å². The normalized spacial score (nSPS) is 28.6. The Morgan fingerprint density at radius 3 is 2.58 bits per heavy atom. The van der Waals surface area contributed by atoms with Gasteiger partial charge in [-0.2, -0.15) is 0 Å². The van der Waals surface area contributed by atoms with Crippen molar-refractivity contribution in [2.45, 2.75) is 66.3 Å². The van der Waals surface area contributed by atoms with Crippen LogP contribution >= 0.6 is 0 Å². The van der Waals surface area contributed by atoms with Gasteiger partial charge in [-0.25, -0.2) is 0 Å². The summed E-state index contributed by atoms with van der Waals surface area (Å²) in [6.07, 6.45) is 5.45. The first-order valence-corrected chi connectivity index (χ1v) is 8.32. The van der Waals surface area contributed by atoms with Gasteiger partial charge in [-0.1, -0.05) is 47.5 Å². The van der Waals surface area contributed by atoms with Gasteiger partial charge in [0.2, 0.25) is 0 Å². The molecule has 0 saturated heterocycles. The predicted molar refractivity (Wildman–Crippen MR) is 85.5 cm³/mol. The molecule has 0 aromatic carbocycles. The second-order valence-corrected chi connectivity index (χ2v) is 7.41. The summed E-state index contributed by atoms with van der Waals surface area (Å²) >= 11 is 0. The molecule has 0 aromatic heterocycles. The summed E-state index contributed by atoms with van der Waals surface area (Å²) in [5, 5.41) is 3.77. The van der Waals surface area contributed by atoms with Crippen LogP contribution in [0, 0.1) is 17.3 Å². The molecule has 19 heavy (non-hydrogen) atoms. The van der Waals surface area contributed by atoms with E-state index in [0.29, 0.717) is 11.5 Å². The number of hydrogen-bond acceptors (Lipinski definition) is 2. The highest BCUT2D eigenvalue weighted by Gasteiger charge is 2.38. The van der Waals surface area contributed by atoms with Crippen molar-refractivity contribution in [2.75, 3.05) is 26.7 Å². The van der Waals surface area contributed by atoms with Crippen LogP contribution in [0.2, 0.25) is 0 Å². The molecule has 3 unspecified atom stereocenters. The lowest BCUT2D eigenvalue weighted by Crippen LogP contribution is -2.52. The molecule has 1 aliphatic rings. The third-order valence-corrected chi connectivity index (χ3v) is 5.00. The third kappa shape index (κ3) is 5.07. The van der Waals surface area contributed by atoms with E-state index < -0.39 is 0 Å².